The molecule has 102 valence electrons. The lowest BCUT2D eigenvalue weighted by Crippen LogP contribution is -2.28. The Bertz CT molecular complexity index is 515. The largest absolute Gasteiger partial charge is 0.460 e. The average Bonchev–Trinajstić information content (AvgIpc) is 2.86. The van der Waals surface area contributed by atoms with Crippen LogP contribution < -0.4 is 11.1 Å². The average molecular weight is 260 g/mol. The zero-order valence-electron chi connectivity index (χ0n) is 11.2. The van der Waals surface area contributed by atoms with Gasteiger partial charge in [-0.3, -0.25) is 4.79 Å². The van der Waals surface area contributed by atoms with Crippen LogP contribution in [-0.2, 0) is 4.79 Å². The molecule has 0 saturated heterocycles. The van der Waals surface area contributed by atoms with Crippen molar-refractivity contribution in [2.45, 2.75) is 25.7 Å². The number of amides is 1. The first-order chi connectivity index (χ1) is 9.22. The monoisotopic (exact) mass is 260 g/mol. The van der Waals surface area contributed by atoms with Gasteiger partial charge in [-0.1, -0.05) is 18.2 Å². The van der Waals surface area contributed by atoms with Crippen molar-refractivity contribution >= 4 is 16.9 Å². The highest BCUT2D eigenvalue weighted by Crippen LogP contribution is 2.24. The summed E-state index contributed by atoms with van der Waals surface area (Å²) in [4.78, 5) is 12.0. The Morgan fingerprint density at radius 1 is 1.37 bits per heavy atom. The van der Waals surface area contributed by atoms with Crippen LogP contribution in [0.5, 0.6) is 0 Å². The van der Waals surface area contributed by atoms with Gasteiger partial charge in [-0.05, 0) is 38.4 Å². The van der Waals surface area contributed by atoms with Gasteiger partial charge in [0.25, 0.3) is 0 Å². The minimum atomic E-state index is -0.273. The van der Waals surface area contributed by atoms with Crippen LogP contribution in [0.3, 0.4) is 0 Å². The van der Waals surface area contributed by atoms with Gasteiger partial charge in [0, 0.05) is 11.9 Å². The zero-order valence-corrected chi connectivity index (χ0v) is 11.2. The van der Waals surface area contributed by atoms with Gasteiger partial charge < -0.3 is 15.5 Å². The molecule has 0 bridgehead atoms. The highest BCUT2D eigenvalue weighted by molar-refractivity contribution is 5.85. The fraction of sp³-hybridized carbons (Fsp3) is 0.400. The molecule has 1 aromatic heterocycles. The zero-order chi connectivity index (χ0) is 13.7. The molecule has 1 heterocycles. The number of rotatable bonds is 6. The molecule has 3 N–H and O–H groups in total. The first-order valence-corrected chi connectivity index (χ1v) is 6.68. The van der Waals surface area contributed by atoms with Crippen LogP contribution in [0.25, 0.3) is 11.0 Å². The number of hydrogen-bond donors (Lipinski definition) is 2. The lowest BCUT2D eigenvalue weighted by atomic mass is 10.1. The number of unbranched alkanes of at least 4 members (excludes halogenated alkanes) is 1. The highest BCUT2D eigenvalue weighted by atomic mass is 16.3. The fourth-order valence-corrected chi connectivity index (χ4v) is 1.98. The van der Waals surface area contributed by atoms with Gasteiger partial charge in [0.1, 0.15) is 11.3 Å². The Morgan fingerprint density at radius 3 is 2.89 bits per heavy atom. The lowest BCUT2D eigenvalue weighted by Gasteiger charge is -2.09. The van der Waals surface area contributed by atoms with Crippen molar-refractivity contribution in [1.82, 2.24) is 5.32 Å². The normalized spacial score (nSPS) is 12.5. The van der Waals surface area contributed by atoms with Gasteiger partial charge in [-0.2, -0.15) is 0 Å². The van der Waals surface area contributed by atoms with Crippen molar-refractivity contribution < 1.29 is 9.21 Å². The topological polar surface area (TPSA) is 68.3 Å². The van der Waals surface area contributed by atoms with Gasteiger partial charge in [0.2, 0.25) is 5.91 Å². The quantitative estimate of drug-likeness (QED) is 0.784. The van der Waals surface area contributed by atoms with E-state index in [-0.39, 0.29) is 11.8 Å². The molecule has 0 aliphatic rings. The molecular weight excluding hydrogens is 240 g/mol. The maximum absolute atomic E-state index is 12.0. The van der Waals surface area contributed by atoms with E-state index in [9.17, 15) is 4.79 Å². The third-order valence-electron chi connectivity index (χ3n) is 3.19. The Morgan fingerprint density at radius 2 is 2.16 bits per heavy atom. The summed E-state index contributed by atoms with van der Waals surface area (Å²) in [5.41, 5.74) is 6.23. The Balaban J connectivity index is 1.98. The van der Waals surface area contributed by atoms with Crippen LogP contribution in [-0.4, -0.2) is 19.0 Å². The maximum Gasteiger partial charge on any atom is 0.230 e. The number of carbonyl (C=O) groups excluding carboxylic acids is 1. The number of fused-ring (bicyclic) bond motifs is 1. The van der Waals surface area contributed by atoms with Crippen LogP contribution in [0.2, 0.25) is 0 Å². The molecule has 2 aromatic rings. The van der Waals surface area contributed by atoms with Gasteiger partial charge >= 0.3 is 0 Å². The second kappa shape index (κ2) is 6.38. The van der Waals surface area contributed by atoms with E-state index >= 15 is 0 Å². The summed E-state index contributed by atoms with van der Waals surface area (Å²) in [5.74, 6) is 0.430. The van der Waals surface area contributed by atoms with E-state index in [1.54, 1.807) is 0 Å². The highest BCUT2D eigenvalue weighted by Gasteiger charge is 2.18. The van der Waals surface area contributed by atoms with Crippen molar-refractivity contribution in [2.75, 3.05) is 13.1 Å². The molecule has 1 atom stereocenters. The summed E-state index contributed by atoms with van der Waals surface area (Å²) in [6.45, 7) is 3.19. The Hall–Kier alpha value is -1.81. The molecule has 0 radical (unpaired) electrons. The summed E-state index contributed by atoms with van der Waals surface area (Å²) in [6.07, 6.45) is 1.84. The molecule has 2 rings (SSSR count). The van der Waals surface area contributed by atoms with Crippen LogP contribution in [0.4, 0.5) is 0 Å². The second-order valence-electron chi connectivity index (χ2n) is 4.70. The van der Waals surface area contributed by atoms with Crippen molar-refractivity contribution in [2.24, 2.45) is 5.73 Å². The molecule has 0 fully saturated rings. The van der Waals surface area contributed by atoms with Crippen molar-refractivity contribution in [3.05, 3.63) is 36.1 Å². The van der Waals surface area contributed by atoms with E-state index in [0.29, 0.717) is 18.8 Å². The molecule has 4 nitrogen and oxygen atoms in total. The molecule has 0 aliphatic heterocycles. The van der Waals surface area contributed by atoms with Crippen molar-refractivity contribution in [3.63, 3.8) is 0 Å². The number of hydrogen-bond acceptors (Lipinski definition) is 3. The minimum absolute atomic E-state index is 0.00363. The second-order valence-corrected chi connectivity index (χ2v) is 4.70. The Labute approximate surface area is 113 Å². The molecular formula is C15H20N2O2. The van der Waals surface area contributed by atoms with E-state index in [1.165, 1.54) is 0 Å². The molecule has 19 heavy (non-hydrogen) atoms. The lowest BCUT2D eigenvalue weighted by molar-refractivity contribution is -0.122. The molecule has 1 unspecified atom stereocenters. The van der Waals surface area contributed by atoms with E-state index in [1.807, 2.05) is 37.3 Å². The van der Waals surface area contributed by atoms with E-state index in [0.717, 1.165) is 23.8 Å². The molecule has 1 amide bonds. The molecule has 4 heteroatoms. The first-order valence-electron chi connectivity index (χ1n) is 6.68. The standard InChI is InChI=1S/C15H20N2O2/c1-11(15(18)17-9-5-4-8-16)14-10-12-6-2-3-7-13(12)19-14/h2-3,6-7,10-11H,4-5,8-9,16H2,1H3,(H,17,18). The number of nitrogens with one attached hydrogen (secondary N) is 1. The van der Waals surface area contributed by atoms with Gasteiger partial charge in [0.15, 0.2) is 0 Å². The number of carbonyl (C=O) groups is 1. The summed E-state index contributed by atoms with van der Waals surface area (Å²) < 4.78 is 5.70. The van der Waals surface area contributed by atoms with Gasteiger partial charge in [-0.25, -0.2) is 0 Å². The smallest absolute Gasteiger partial charge is 0.230 e. The molecule has 0 aliphatic carbocycles. The third kappa shape index (κ3) is 3.35. The van der Waals surface area contributed by atoms with E-state index in [4.69, 9.17) is 10.2 Å². The number of para-hydroxylation sites is 1. The van der Waals surface area contributed by atoms with Crippen molar-refractivity contribution in [1.29, 1.82) is 0 Å². The SMILES string of the molecule is CC(C(=O)NCCCCN)c1cc2ccccc2o1. The fourth-order valence-electron chi connectivity index (χ4n) is 1.98. The number of furan rings is 1. The summed E-state index contributed by atoms with van der Waals surface area (Å²) in [7, 11) is 0. The minimum Gasteiger partial charge on any atom is -0.460 e. The summed E-state index contributed by atoms with van der Waals surface area (Å²) >= 11 is 0. The predicted octanol–water partition coefficient (Wildman–Crippen LogP) is 2.39. The molecule has 1 aromatic carbocycles. The summed E-state index contributed by atoms with van der Waals surface area (Å²) in [6, 6.07) is 9.70. The number of nitrogens with two attached hydrogens (primary N) is 1. The third-order valence-corrected chi connectivity index (χ3v) is 3.19. The van der Waals surface area contributed by atoms with Crippen molar-refractivity contribution in [3.8, 4) is 0 Å². The van der Waals surface area contributed by atoms with Crippen LogP contribution in [0.15, 0.2) is 34.7 Å². The molecule has 0 saturated carbocycles. The van der Waals surface area contributed by atoms with E-state index in [2.05, 4.69) is 5.32 Å². The van der Waals surface area contributed by atoms with Crippen LogP contribution in [0.1, 0.15) is 31.4 Å². The predicted molar refractivity (Wildman–Crippen MR) is 75.9 cm³/mol. The Kier molecular flexibility index (Phi) is 4.58. The van der Waals surface area contributed by atoms with Crippen LogP contribution in [0, 0.1) is 0 Å². The van der Waals surface area contributed by atoms with Gasteiger partial charge in [-0.15, -0.1) is 0 Å². The molecule has 0 spiro atoms. The van der Waals surface area contributed by atoms with Crippen LogP contribution >= 0.6 is 0 Å². The summed E-state index contributed by atoms with van der Waals surface area (Å²) in [5, 5.41) is 3.93. The number of benzene rings is 1. The van der Waals surface area contributed by atoms with Gasteiger partial charge in [0.05, 0.1) is 5.92 Å². The first kappa shape index (κ1) is 13.6. The maximum atomic E-state index is 12.0. The van der Waals surface area contributed by atoms with E-state index < -0.39 is 0 Å².